The fraction of sp³-hybridized carbons (Fsp3) is 0.357. The first-order chi connectivity index (χ1) is 7.92. The van der Waals surface area contributed by atoms with Gasteiger partial charge >= 0.3 is 0 Å². The Morgan fingerprint density at radius 3 is 2.47 bits per heavy atom. The van der Waals surface area contributed by atoms with Crippen LogP contribution in [0.3, 0.4) is 0 Å². The summed E-state index contributed by atoms with van der Waals surface area (Å²) in [5.74, 6) is 4.87. The molecule has 0 aliphatic carbocycles. The zero-order chi connectivity index (χ0) is 12.9. The van der Waals surface area contributed by atoms with E-state index in [0.29, 0.717) is 0 Å². The lowest BCUT2D eigenvalue weighted by Crippen LogP contribution is -2.50. The van der Waals surface area contributed by atoms with Gasteiger partial charge in [-0.2, -0.15) is 0 Å². The molecule has 1 unspecified atom stereocenters. The molecule has 2 N–H and O–H groups in total. The Labute approximate surface area is 102 Å². The van der Waals surface area contributed by atoms with Crippen molar-refractivity contribution >= 4 is 5.91 Å². The highest BCUT2D eigenvalue weighted by atomic mass is 16.3. The topological polar surface area (TPSA) is 49.3 Å². The molecule has 0 aliphatic heterocycles. The molecule has 0 radical (unpaired) electrons. The summed E-state index contributed by atoms with van der Waals surface area (Å²) in [5.41, 5.74) is 0.111. The highest BCUT2D eigenvalue weighted by molar-refractivity contribution is 5.94. The molecule has 1 aromatic carbocycles. The Kier molecular flexibility index (Phi) is 4.30. The van der Waals surface area contributed by atoms with Gasteiger partial charge in [-0.1, -0.05) is 24.1 Å². The van der Waals surface area contributed by atoms with E-state index in [1.54, 1.807) is 20.8 Å². The average Bonchev–Trinajstić information content (AvgIpc) is 2.27. The van der Waals surface area contributed by atoms with E-state index >= 15 is 0 Å². The van der Waals surface area contributed by atoms with Crippen LogP contribution in [-0.4, -0.2) is 22.7 Å². The molecule has 0 saturated heterocycles. The van der Waals surface area contributed by atoms with Crippen molar-refractivity contribution in [3.63, 3.8) is 0 Å². The Morgan fingerprint density at radius 1 is 1.35 bits per heavy atom. The minimum absolute atomic E-state index is 0.389. The molecule has 0 aromatic heterocycles. The van der Waals surface area contributed by atoms with Crippen LogP contribution in [0.25, 0.3) is 0 Å². The maximum Gasteiger partial charge on any atom is 0.296 e. The van der Waals surface area contributed by atoms with Crippen LogP contribution in [0.1, 0.15) is 26.3 Å². The standard InChI is InChI=1S/C14H17NO2/c1-11(16)14(2,3)15-13(17)10-9-12-7-5-4-6-8-12/h4-8,11,16H,1-3H3,(H,15,17). The molecule has 0 spiro atoms. The molecule has 1 rings (SSSR count). The predicted octanol–water partition coefficient (Wildman–Crippen LogP) is 1.31. The number of hydrogen-bond acceptors (Lipinski definition) is 2. The number of nitrogens with one attached hydrogen (secondary N) is 1. The van der Waals surface area contributed by atoms with Gasteiger partial charge < -0.3 is 10.4 Å². The van der Waals surface area contributed by atoms with Crippen LogP contribution >= 0.6 is 0 Å². The van der Waals surface area contributed by atoms with Crippen molar-refractivity contribution in [1.82, 2.24) is 5.32 Å². The predicted molar refractivity (Wildman–Crippen MR) is 67.2 cm³/mol. The van der Waals surface area contributed by atoms with E-state index in [2.05, 4.69) is 17.2 Å². The number of hydrogen-bond donors (Lipinski definition) is 2. The average molecular weight is 231 g/mol. The summed E-state index contributed by atoms with van der Waals surface area (Å²) < 4.78 is 0. The number of carbonyl (C=O) groups is 1. The smallest absolute Gasteiger partial charge is 0.296 e. The third-order valence-corrected chi connectivity index (χ3v) is 2.57. The second-order valence-electron chi connectivity index (χ2n) is 4.47. The molecule has 0 heterocycles. The molecular weight excluding hydrogens is 214 g/mol. The van der Waals surface area contributed by atoms with Crippen LogP contribution in [0.2, 0.25) is 0 Å². The molecule has 3 nitrogen and oxygen atoms in total. The van der Waals surface area contributed by atoms with Crippen molar-refractivity contribution in [2.24, 2.45) is 0 Å². The molecule has 1 atom stereocenters. The number of aliphatic hydroxyl groups is 1. The normalized spacial score (nSPS) is 12.2. The summed E-state index contributed by atoms with van der Waals surface area (Å²) in [7, 11) is 0. The molecule has 3 heteroatoms. The maximum atomic E-state index is 11.5. The minimum atomic E-state index is -0.678. The molecule has 1 amide bonds. The Bertz CT molecular complexity index is 438. The van der Waals surface area contributed by atoms with E-state index in [-0.39, 0.29) is 5.91 Å². The number of aliphatic hydroxyl groups excluding tert-OH is 1. The molecule has 0 fully saturated rings. The van der Waals surface area contributed by atoms with Crippen LogP contribution < -0.4 is 5.32 Å². The third kappa shape index (κ3) is 4.29. The maximum absolute atomic E-state index is 11.5. The van der Waals surface area contributed by atoms with Crippen LogP contribution in [0.4, 0.5) is 0 Å². The van der Waals surface area contributed by atoms with Crippen LogP contribution in [0, 0.1) is 11.8 Å². The van der Waals surface area contributed by atoms with Gasteiger partial charge in [-0.15, -0.1) is 0 Å². The molecule has 0 aliphatic rings. The lowest BCUT2D eigenvalue weighted by molar-refractivity contribution is -0.118. The molecule has 17 heavy (non-hydrogen) atoms. The first-order valence-corrected chi connectivity index (χ1v) is 5.49. The lowest BCUT2D eigenvalue weighted by Gasteiger charge is -2.28. The lowest BCUT2D eigenvalue weighted by atomic mass is 9.99. The number of rotatable bonds is 2. The fourth-order valence-electron chi connectivity index (χ4n) is 1.08. The largest absolute Gasteiger partial charge is 0.391 e. The van der Waals surface area contributed by atoms with Gasteiger partial charge in [0.2, 0.25) is 0 Å². The van der Waals surface area contributed by atoms with Crippen molar-refractivity contribution in [3.8, 4) is 11.8 Å². The van der Waals surface area contributed by atoms with Gasteiger partial charge in [-0.05, 0) is 32.9 Å². The Balaban J connectivity index is 2.66. The quantitative estimate of drug-likeness (QED) is 0.754. The summed E-state index contributed by atoms with van der Waals surface area (Å²) in [4.78, 5) is 11.5. The highest BCUT2D eigenvalue weighted by Crippen LogP contribution is 2.07. The first kappa shape index (κ1) is 13.3. The van der Waals surface area contributed by atoms with Crippen LogP contribution in [-0.2, 0) is 4.79 Å². The van der Waals surface area contributed by atoms with Crippen molar-refractivity contribution in [2.45, 2.75) is 32.4 Å². The van der Waals surface area contributed by atoms with Crippen LogP contribution in [0.5, 0.6) is 0 Å². The minimum Gasteiger partial charge on any atom is -0.391 e. The highest BCUT2D eigenvalue weighted by Gasteiger charge is 2.25. The molecule has 1 aromatic rings. The molecule has 0 saturated carbocycles. The van der Waals surface area contributed by atoms with Gasteiger partial charge in [0, 0.05) is 11.5 Å². The molecule has 90 valence electrons. The monoisotopic (exact) mass is 231 g/mol. The number of amides is 1. The van der Waals surface area contributed by atoms with E-state index in [9.17, 15) is 9.90 Å². The van der Waals surface area contributed by atoms with Crippen molar-refractivity contribution < 1.29 is 9.90 Å². The molecular formula is C14H17NO2. The fourth-order valence-corrected chi connectivity index (χ4v) is 1.08. The van der Waals surface area contributed by atoms with E-state index < -0.39 is 11.6 Å². The van der Waals surface area contributed by atoms with E-state index in [1.807, 2.05) is 30.3 Å². The summed E-state index contributed by atoms with van der Waals surface area (Å²) in [6.45, 7) is 5.13. The van der Waals surface area contributed by atoms with Crippen LogP contribution in [0.15, 0.2) is 30.3 Å². The number of carbonyl (C=O) groups excluding carboxylic acids is 1. The van der Waals surface area contributed by atoms with Gasteiger partial charge in [-0.25, -0.2) is 0 Å². The van der Waals surface area contributed by atoms with Gasteiger partial charge in [0.15, 0.2) is 0 Å². The van der Waals surface area contributed by atoms with Gasteiger partial charge in [0.1, 0.15) is 0 Å². The first-order valence-electron chi connectivity index (χ1n) is 5.49. The second kappa shape index (κ2) is 5.51. The van der Waals surface area contributed by atoms with E-state index in [4.69, 9.17) is 0 Å². The molecule has 0 bridgehead atoms. The summed E-state index contributed by atoms with van der Waals surface area (Å²) >= 11 is 0. The van der Waals surface area contributed by atoms with Crippen molar-refractivity contribution in [2.75, 3.05) is 0 Å². The SMILES string of the molecule is CC(O)C(C)(C)NC(=O)C#Cc1ccccc1. The van der Waals surface area contributed by atoms with Gasteiger partial charge in [0.05, 0.1) is 11.6 Å². The number of benzene rings is 1. The summed E-state index contributed by atoms with van der Waals surface area (Å²) in [5, 5.41) is 12.1. The summed E-state index contributed by atoms with van der Waals surface area (Å²) in [6, 6.07) is 9.28. The summed E-state index contributed by atoms with van der Waals surface area (Å²) in [6.07, 6.45) is -0.634. The van der Waals surface area contributed by atoms with Gasteiger partial charge in [0.25, 0.3) is 5.91 Å². The Morgan fingerprint density at radius 2 is 1.94 bits per heavy atom. The second-order valence-corrected chi connectivity index (χ2v) is 4.47. The van der Waals surface area contributed by atoms with Crippen molar-refractivity contribution in [3.05, 3.63) is 35.9 Å². The van der Waals surface area contributed by atoms with Crippen molar-refractivity contribution in [1.29, 1.82) is 0 Å². The Hall–Kier alpha value is -1.79. The zero-order valence-corrected chi connectivity index (χ0v) is 10.3. The zero-order valence-electron chi connectivity index (χ0n) is 10.3. The van der Waals surface area contributed by atoms with E-state index in [0.717, 1.165) is 5.56 Å². The van der Waals surface area contributed by atoms with E-state index in [1.165, 1.54) is 0 Å². The third-order valence-electron chi connectivity index (χ3n) is 2.57. The van der Waals surface area contributed by atoms with Gasteiger partial charge in [-0.3, -0.25) is 4.79 Å².